The Balaban J connectivity index is 1.61. The Kier molecular flexibility index (Phi) is 4.67. The third kappa shape index (κ3) is 3.71. The Hall–Kier alpha value is -2.35. The molecule has 4 rings (SSSR count). The number of likely N-dealkylation sites (tertiary alicyclic amines) is 1. The van der Waals surface area contributed by atoms with E-state index in [0.717, 1.165) is 68.1 Å². The number of anilines is 2. The van der Waals surface area contributed by atoms with Gasteiger partial charge in [-0.15, -0.1) is 10.2 Å². The van der Waals surface area contributed by atoms with Gasteiger partial charge < -0.3 is 15.5 Å². The third-order valence-electron chi connectivity index (χ3n) is 5.20. The summed E-state index contributed by atoms with van der Waals surface area (Å²) >= 11 is 0. The standard InChI is InChI=1S/C19H22F3N5/c1-27-10-2-3-14(11-27)24-18-15-8-9-23-17(15)16(25-26-18)12-4-6-13(7-5-12)19(20,21)22/h4-7,14,23H,2-3,8-11H2,1H3,(H,24,26)/t14-/m1/s1. The van der Waals surface area contributed by atoms with E-state index in [1.165, 1.54) is 12.1 Å². The highest BCUT2D eigenvalue weighted by molar-refractivity contribution is 5.81. The maximum absolute atomic E-state index is 12.8. The first-order chi connectivity index (χ1) is 12.9. The average molecular weight is 377 g/mol. The van der Waals surface area contributed by atoms with Crippen LogP contribution >= 0.6 is 0 Å². The lowest BCUT2D eigenvalue weighted by Crippen LogP contribution is -2.40. The van der Waals surface area contributed by atoms with Crippen LogP contribution in [-0.2, 0) is 12.6 Å². The molecule has 2 N–H and O–H groups in total. The Morgan fingerprint density at radius 2 is 1.96 bits per heavy atom. The molecule has 0 aliphatic carbocycles. The number of nitrogens with zero attached hydrogens (tertiary/aromatic N) is 3. The summed E-state index contributed by atoms with van der Waals surface area (Å²) in [6.45, 7) is 2.84. The summed E-state index contributed by atoms with van der Waals surface area (Å²) in [6.07, 6.45) is -1.28. The highest BCUT2D eigenvalue weighted by Crippen LogP contribution is 2.37. The van der Waals surface area contributed by atoms with E-state index in [1.54, 1.807) is 0 Å². The maximum atomic E-state index is 12.8. The SMILES string of the molecule is CN1CCC[C@@H](Nc2nnc(-c3ccc(C(F)(F)F)cc3)c3c2CCN3)C1. The van der Waals surface area contributed by atoms with E-state index in [9.17, 15) is 13.2 Å². The van der Waals surface area contributed by atoms with Crippen LogP contribution in [0.4, 0.5) is 24.7 Å². The molecule has 1 atom stereocenters. The van der Waals surface area contributed by atoms with Crippen LogP contribution in [0.3, 0.4) is 0 Å². The van der Waals surface area contributed by atoms with Gasteiger partial charge in [-0.2, -0.15) is 13.2 Å². The number of hydrogen-bond donors (Lipinski definition) is 2. The summed E-state index contributed by atoms with van der Waals surface area (Å²) in [7, 11) is 2.11. The molecule has 27 heavy (non-hydrogen) atoms. The van der Waals surface area contributed by atoms with Gasteiger partial charge in [-0.3, -0.25) is 0 Å². The molecule has 5 nitrogen and oxygen atoms in total. The van der Waals surface area contributed by atoms with Crippen LogP contribution in [0.5, 0.6) is 0 Å². The summed E-state index contributed by atoms with van der Waals surface area (Å²) in [5.74, 6) is 0.783. The molecule has 144 valence electrons. The quantitative estimate of drug-likeness (QED) is 0.855. The molecule has 0 bridgehead atoms. The second-order valence-corrected chi connectivity index (χ2v) is 7.25. The van der Waals surface area contributed by atoms with Gasteiger partial charge in [0.25, 0.3) is 0 Å². The van der Waals surface area contributed by atoms with Gasteiger partial charge in [0.2, 0.25) is 0 Å². The number of hydrogen-bond acceptors (Lipinski definition) is 5. The van der Waals surface area contributed by atoms with Gasteiger partial charge in [-0.1, -0.05) is 12.1 Å². The Labute approximate surface area is 156 Å². The van der Waals surface area contributed by atoms with Crippen LogP contribution in [0, 0.1) is 0 Å². The fraction of sp³-hybridized carbons (Fsp3) is 0.474. The van der Waals surface area contributed by atoms with Crippen molar-refractivity contribution < 1.29 is 13.2 Å². The van der Waals surface area contributed by atoms with Crippen molar-refractivity contribution in [2.45, 2.75) is 31.5 Å². The largest absolute Gasteiger partial charge is 0.416 e. The molecule has 2 aromatic rings. The predicted molar refractivity (Wildman–Crippen MR) is 98.8 cm³/mol. The van der Waals surface area contributed by atoms with Gasteiger partial charge in [-0.25, -0.2) is 0 Å². The van der Waals surface area contributed by atoms with Gasteiger partial charge in [0.15, 0.2) is 5.82 Å². The zero-order valence-corrected chi connectivity index (χ0v) is 15.1. The number of fused-ring (bicyclic) bond motifs is 1. The minimum atomic E-state index is -4.34. The highest BCUT2D eigenvalue weighted by atomic mass is 19.4. The monoisotopic (exact) mass is 377 g/mol. The van der Waals surface area contributed by atoms with Crippen LogP contribution in [0.1, 0.15) is 24.0 Å². The Bertz CT molecular complexity index is 819. The second-order valence-electron chi connectivity index (χ2n) is 7.25. The van der Waals surface area contributed by atoms with Crippen molar-refractivity contribution in [2.75, 3.05) is 37.3 Å². The normalized spacial score (nSPS) is 20.2. The lowest BCUT2D eigenvalue weighted by Gasteiger charge is -2.30. The van der Waals surface area contributed by atoms with Crippen LogP contribution in [0.2, 0.25) is 0 Å². The van der Waals surface area contributed by atoms with Gasteiger partial charge in [0, 0.05) is 30.3 Å². The van der Waals surface area contributed by atoms with E-state index in [-0.39, 0.29) is 0 Å². The minimum Gasteiger partial charge on any atom is -0.383 e. The molecule has 2 aliphatic rings. The van der Waals surface area contributed by atoms with Crippen molar-refractivity contribution in [1.82, 2.24) is 15.1 Å². The van der Waals surface area contributed by atoms with Crippen molar-refractivity contribution in [2.24, 2.45) is 0 Å². The molecule has 1 aromatic heterocycles. The topological polar surface area (TPSA) is 53.1 Å². The number of alkyl halides is 3. The molecule has 0 saturated carbocycles. The van der Waals surface area contributed by atoms with E-state index in [4.69, 9.17) is 0 Å². The summed E-state index contributed by atoms with van der Waals surface area (Å²) < 4.78 is 38.4. The van der Waals surface area contributed by atoms with Gasteiger partial charge in [0.05, 0.1) is 11.3 Å². The average Bonchev–Trinajstić information content (AvgIpc) is 3.12. The van der Waals surface area contributed by atoms with Crippen LogP contribution in [-0.4, -0.2) is 47.8 Å². The van der Waals surface area contributed by atoms with Crippen molar-refractivity contribution in [1.29, 1.82) is 0 Å². The van der Waals surface area contributed by atoms with Crippen molar-refractivity contribution in [3.8, 4) is 11.3 Å². The number of halogens is 3. The third-order valence-corrected chi connectivity index (χ3v) is 5.20. The first kappa shape index (κ1) is 18.0. The summed E-state index contributed by atoms with van der Waals surface area (Å²) in [5, 5.41) is 15.5. The lowest BCUT2D eigenvalue weighted by atomic mass is 10.0. The lowest BCUT2D eigenvalue weighted by molar-refractivity contribution is -0.137. The second kappa shape index (κ2) is 6.99. The van der Waals surface area contributed by atoms with Crippen molar-refractivity contribution in [3.63, 3.8) is 0 Å². The van der Waals surface area contributed by atoms with E-state index >= 15 is 0 Å². The fourth-order valence-corrected chi connectivity index (χ4v) is 3.83. The number of likely N-dealkylation sites (N-methyl/N-ethyl adjacent to an activating group) is 1. The number of aromatic nitrogens is 2. The van der Waals surface area contributed by atoms with Crippen LogP contribution < -0.4 is 10.6 Å². The number of rotatable bonds is 3. The summed E-state index contributed by atoms with van der Waals surface area (Å²) in [5.41, 5.74) is 2.50. The number of benzene rings is 1. The molecule has 8 heteroatoms. The predicted octanol–water partition coefficient (Wildman–Crippen LogP) is 3.64. The molecule has 0 radical (unpaired) electrons. The molecule has 3 heterocycles. The molecular weight excluding hydrogens is 355 g/mol. The van der Waals surface area contributed by atoms with Crippen molar-refractivity contribution >= 4 is 11.5 Å². The molecule has 1 saturated heterocycles. The van der Waals surface area contributed by atoms with E-state index in [0.29, 0.717) is 17.3 Å². The van der Waals surface area contributed by atoms with E-state index < -0.39 is 11.7 Å². The maximum Gasteiger partial charge on any atom is 0.416 e. The molecular formula is C19H22F3N5. The zero-order chi connectivity index (χ0) is 19.0. The minimum absolute atomic E-state index is 0.333. The molecule has 1 aromatic carbocycles. The first-order valence-corrected chi connectivity index (χ1v) is 9.18. The smallest absolute Gasteiger partial charge is 0.383 e. The molecule has 0 unspecified atom stereocenters. The van der Waals surface area contributed by atoms with Gasteiger partial charge in [-0.05, 0) is 45.0 Å². The van der Waals surface area contributed by atoms with E-state index in [1.807, 2.05) is 0 Å². The van der Waals surface area contributed by atoms with Gasteiger partial charge >= 0.3 is 6.18 Å². The molecule has 0 spiro atoms. The van der Waals surface area contributed by atoms with Gasteiger partial charge in [0.1, 0.15) is 5.69 Å². The fourth-order valence-electron chi connectivity index (χ4n) is 3.83. The van der Waals surface area contributed by atoms with Crippen molar-refractivity contribution in [3.05, 3.63) is 35.4 Å². The number of piperidine rings is 1. The molecule has 2 aliphatic heterocycles. The first-order valence-electron chi connectivity index (χ1n) is 9.18. The van der Waals surface area contributed by atoms with Crippen LogP contribution in [0.15, 0.2) is 24.3 Å². The Morgan fingerprint density at radius 3 is 2.67 bits per heavy atom. The van der Waals surface area contributed by atoms with Crippen LogP contribution in [0.25, 0.3) is 11.3 Å². The molecule has 0 amide bonds. The number of nitrogens with one attached hydrogen (secondary N) is 2. The summed E-state index contributed by atoms with van der Waals surface area (Å²) in [6, 6.07) is 5.41. The Morgan fingerprint density at radius 1 is 1.19 bits per heavy atom. The zero-order valence-electron chi connectivity index (χ0n) is 15.1. The summed E-state index contributed by atoms with van der Waals surface area (Å²) in [4.78, 5) is 2.30. The van der Waals surface area contributed by atoms with E-state index in [2.05, 4.69) is 32.8 Å². The molecule has 1 fully saturated rings. The highest BCUT2D eigenvalue weighted by Gasteiger charge is 2.30.